The molecule has 3 aliphatic carbocycles. The number of hydrogen-bond acceptors (Lipinski definition) is 0. The lowest BCUT2D eigenvalue weighted by Crippen LogP contribution is -2.39. The van der Waals surface area contributed by atoms with Gasteiger partial charge in [-0.05, 0) is 24.3 Å². The zero-order chi connectivity index (χ0) is 5.14. The van der Waals surface area contributed by atoms with Crippen molar-refractivity contribution >= 4 is 0 Å². The number of allylic oxidation sites excluding steroid dienone is 4. The summed E-state index contributed by atoms with van der Waals surface area (Å²) in [7, 11) is 0. The monoisotopic (exact) mass is 104 g/mol. The summed E-state index contributed by atoms with van der Waals surface area (Å²) in [5, 5.41) is 0. The van der Waals surface area contributed by atoms with E-state index in [1.54, 1.807) is 11.1 Å². The van der Waals surface area contributed by atoms with E-state index in [-0.39, 0.29) is 0 Å². The normalized spacial score (nSPS) is 46.0. The molecule has 0 aromatic rings. The molecule has 0 heterocycles. The molecule has 3 rings (SSSR count). The summed E-state index contributed by atoms with van der Waals surface area (Å²) in [4.78, 5) is 0. The molecule has 0 aliphatic heterocycles. The second-order valence-electron chi connectivity index (χ2n) is 3.01. The van der Waals surface area contributed by atoms with Crippen LogP contribution in [0.5, 0.6) is 0 Å². The van der Waals surface area contributed by atoms with Crippen LogP contribution in [0.15, 0.2) is 23.3 Å². The Balaban J connectivity index is 2.21. The molecule has 0 N–H and O–H groups in total. The van der Waals surface area contributed by atoms with Crippen LogP contribution in [-0.2, 0) is 0 Å². The molecule has 0 bridgehead atoms. The van der Waals surface area contributed by atoms with Gasteiger partial charge in [0.15, 0.2) is 0 Å². The molecule has 0 saturated heterocycles. The van der Waals surface area contributed by atoms with E-state index in [9.17, 15) is 0 Å². The Labute approximate surface area is 48.9 Å². The number of hydrogen-bond donors (Lipinski definition) is 0. The Hall–Kier alpha value is -0.520. The number of fused-ring (bicyclic) bond motifs is 3. The maximum Gasteiger partial charge on any atom is 0.00865 e. The first-order chi connectivity index (χ1) is 3.97. The second kappa shape index (κ2) is 0.812. The van der Waals surface area contributed by atoms with E-state index in [4.69, 9.17) is 0 Å². The molecule has 0 nitrogen and oxygen atoms in total. The highest BCUT2D eigenvalue weighted by Gasteiger charge is 2.46. The zero-order valence-corrected chi connectivity index (χ0v) is 4.72. The topological polar surface area (TPSA) is 0 Å². The molecule has 8 heavy (non-hydrogen) atoms. The average Bonchev–Trinajstić information content (AvgIpc) is 1.70. The third-order valence-electron chi connectivity index (χ3n) is 2.82. The first-order valence-electron chi connectivity index (χ1n) is 3.38. The van der Waals surface area contributed by atoms with E-state index in [2.05, 4.69) is 12.2 Å². The van der Waals surface area contributed by atoms with Crippen molar-refractivity contribution in [3.63, 3.8) is 0 Å². The summed E-state index contributed by atoms with van der Waals surface area (Å²) < 4.78 is 0. The molecular formula is C8H8. The van der Waals surface area contributed by atoms with Crippen molar-refractivity contribution in [2.75, 3.05) is 0 Å². The zero-order valence-electron chi connectivity index (χ0n) is 4.72. The van der Waals surface area contributed by atoms with E-state index < -0.39 is 0 Å². The van der Waals surface area contributed by atoms with Gasteiger partial charge in [0.05, 0.1) is 0 Å². The third-order valence-corrected chi connectivity index (χ3v) is 2.82. The number of rotatable bonds is 0. The van der Waals surface area contributed by atoms with Crippen LogP contribution in [0.3, 0.4) is 0 Å². The standard InChI is InChI=1S/C8H8/c1-2-6-5(1)7-3-4-8(6)7/h1-2,5,7H,3-4H2/t5-,7-/m1/s1. The molecule has 0 heteroatoms. The van der Waals surface area contributed by atoms with Crippen molar-refractivity contribution in [2.45, 2.75) is 12.8 Å². The van der Waals surface area contributed by atoms with Gasteiger partial charge in [0.1, 0.15) is 0 Å². The van der Waals surface area contributed by atoms with E-state index >= 15 is 0 Å². The Kier molecular flexibility index (Phi) is 0.355. The molecular weight excluding hydrogens is 96.1 g/mol. The predicted molar refractivity (Wildman–Crippen MR) is 32.4 cm³/mol. The van der Waals surface area contributed by atoms with Crippen LogP contribution in [0, 0.1) is 11.8 Å². The van der Waals surface area contributed by atoms with Crippen molar-refractivity contribution < 1.29 is 0 Å². The molecule has 0 radical (unpaired) electrons. The summed E-state index contributed by atoms with van der Waals surface area (Å²) in [6.07, 6.45) is 7.53. The Morgan fingerprint density at radius 2 is 2.50 bits per heavy atom. The van der Waals surface area contributed by atoms with Gasteiger partial charge in [0.2, 0.25) is 0 Å². The predicted octanol–water partition coefficient (Wildman–Crippen LogP) is 1.89. The third kappa shape index (κ3) is 0.169. The molecule has 0 aromatic heterocycles. The van der Waals surface area contributed by atoms with Gasteiger partial charge in [0.25, 0.3) is 0 Å². The average molecular weight is 104 g/mol. The van der Waals surface area contributed by atoms with Crippen molar-refractivity contribution in [3.05, 3.63) is 23.3 Å². The molecule has 0 spiro atoms. The van der Waals surface area contributed by atoms with Crippen LogP contribution in [0.1, 0.15) is 12.8 Å². The highest BCUT2D eigenvalue weighted by atomic mass is 14.5. The fourth-order valence-corrected chi connectivity index (χ4v) is 2.09. The van der Waals surface area contributed by atoms with Gasteiger partial charge in [-0.15, -0.1) is 0 Å². The molecule has 0 aromatic carbocycles. The van der Waals surface area contributed by atoms with E-state index in [1.165, 1.54) is 12.8 Å². The first kappa shape index (κ1) is 3.49. The summed E-state index contributed by atoms with van der Waals surface area (Å²) in [6.45, 7) is 0. The van der Waals surface area contributed by atoms with Crippen LogP contribution in [0.2, 0.25) is 0 Å². The lowest BCUT2D eigenvalue weighted by atomic mass is 9.53. The van der Waals surface area contributed by atoms with Gasteiger partial charge in [-0.2, -0.15) is 0 Å². The minimum atomic E-state index is 0.943. The van der Waals surface area contributed by atoms with Crippen molar-refractivity contribution in [1.29, 1.82) is 0 Å². The van der Waals surface area contributed by atoms with Crippen LogP contribution in [0.4, 0.5) is 0 Å². The van der Waals surface area contributed by atoms with Gasteiger partial charge in [-0.25, -0.2) is 0 Å². The summed E-state index contributed by atoms with van der Waals surface area (Å²) >= 11 is 0. The molecule has 3 aliphatic rings. The molecule has 2 atom stereocenters. The maximum atomic E-state index is 2.35. The van der Waals surface area contributed by atoms with Crippen molar-refractivity contribution in [1.82, 2.24) is 0 Å². The fraction of sp³-hybridized carbons (Fsp3) is 0.500. The maximum absolute atomic E-state index is 2.35. The Bertz CT molecular complexity index is 208. The molecule has 0 amide bonds. The lowest BCUT2D eigenvalue weighted by molar-refractivity contribution is 0.297. The second-order valence-corrected chi connectivity index (χ2v) is 3.01. The highest BCUT2D eigenvalue weighted by Crippen LogP contribution is 2.58. The fourth-order valence-electron chi connectivity index (χ4n) is 2.09. The first-order valence-corrected chi connectivity index (χ1v) is 3.38. The van der Waals surface area contributed by atoms with E-state index in [0.717, 1.165) is 11.8 Å². The minimum Gasteiger partial charge on any atom is -0.0761 e. The smallest absolute Gasteiger partial charge is 0.00865 e. The highest BCUT2D eigenvalue weighted by molar-refractivity contribution is 5.53. The minimum absolute atomic E-state index is 0.943. The Morgan fingerprint density at radius 1 is 1.50 bits per heavy atom. The summed E-state index contributed by atoms with van der Waals surface area (Å²) in [5.41, 5.74) is 3.48. The largest absolute Gasteiger partial charge is 0.0761 e. The van der Waals surface area contributed by atoms with Gasteiger partial charge >= 0.3 is 0 Å². The van der Waals surface area contributed by atoms with Gasteiger partial charge in [-0.1, -0.05) is 17.7 Å². The van der Waals surface area contributed by atoms with Crippen LogP contribution in [-0.4, -0.2) is 0 Å². The molecule has 1 fully saturated rings. The Morgan fingerprint density at radius 3 is 2.62 bits per heavy atom. The van der Waals surface area contributed by atoms with Gasteiger partial charge in [0, 0.05) is 5.92 Å². The van der Waals surface area contributed by atoms with Crippen LogP contribution < -0.4 is 0 Å². The SMILES string of the molecule is C1=C[C@@H]2C1=C1CC[C@@H]12. The molecule has 0 unspecified atom stereocenters. The van der Waals surface area contributed by atoms with E-state index in [1.807, 2.05) is 0 Å². The van der Waals surface area contributed by atoms with Crippen molar-refractivity contribution in [2.24, 2.45) is 11.8 Å². The molecule has 1 saturated carbocycles. The van der Waals surface area contributed by atoms with Crippen LogP contribution in [0.25, 0.3) is 0 Å². The molecule has 40 valence electrons. The quantitative estimate of drug-likeness (QED) is 0.440. The van der Waals surface area contributed by atoms with Gasteiger partial charge < -0.3 is 0 Å². The summed E-state index contributed by atoms with van der Waals surface area (Å²) in [6, 6.07) is 0. The van der Waals surface area contributed by atoms with Crippen molar-refractivity contribution in [3.8, 4) is 0 Å². The van der Waals surface area contributed by atoms with E-state index in [0.29, 0.717) is 0 Å². The van der Waals surface area contributed by atoms with Crippen LogP contribution >= 0.6 is 0 Å². The summed E-state index contributed by atoms with van der Waals surface area (Å²) in [5.74, 6) is 1.98. The lowest BCUT2D eigenvalue weighted by Gasteiger charge is -2.51. The van der Waals surface area contributed by atoms with Gasteiger partial charge in [-0.3, -0.25) is 0 Å².